The molecule has 2 rings (SSSR count). The summed E-state index contributed by atoms with van der Waals surface area (Å²) in [6, 6.07) is 6.56. The van der Waals surface area contributed by atoms with E-state index in [1.807, 2.05) is 6.07 Å². The van der Waals surface area contributed by atoms with Gasteiger partial charge in [-0.15, -0.1) is 0 Å². The Morgan fingerprint density at radius 3 is 2.73 bits per heavy atom. The molecular weight excluding hydrogens is 191 g/mol. The minimum atomic E-state index is -0.373. The van der Waals surface area contributed by atoms with Crippen molar-refractivity contribution in [2.24, 2.45) is 0 Å². The predicted octanol–water partition coefficient (Wildman–Crippen LogP) is 2.83. The lowest BCUT2D eigenvalue weighted by Crippen LogP contribution is -2.15. The third-order valence-corrected chi connectivity index (χ3v) is 2.47. The first-order chi connectivity index (χ1) is 7.29. The van der Waals surface area contributed by atoms with Crippen LogP contribution in [0.25, 0.3) is 0 Å². The van der Waals surface area contributed by atoms with Crippen molar-refractivity contribution in [3.05, 3.63) is 41.7 Å². The fraction of sp³-hybridized carbons (Fsp3) is 0.250. The summed E-state index contributed by atoms with van der Waals surface area (Å²) in [6.07, 6.45) is 6.13. The van der Waals surface area contributed by atoms with Gasteiger partial charge in [0.05, 0.1) is 11.3 Å². The highest BCUT2D eigenvalue weighted by Gasteiger charge is 2.12. The molecule has 76 valence electrons. The molecule has 0 amide bonds. The summed E-state index contributed by atoms with van der Waals surface area (Å²) in [5.41, 5.74) is 1.08. The quantitative estimate of drug-likeness (QED) is 0.748. The van der Waals surface area contributed by atoms with Crippen molar-refractivity contribution >= 4 is 5.69 Å². The molecule has 0 fully saturated rings. The average molecular weight is 202 g/mol. The molecule has 0 saturated carbocycles. The van der Waals surface area contributed by atoms with Crippen molar-refractivity contribution in [3.8, 4) is 6.07 Å². The van der Waals surface area contributed by atoms with E-state index in [2.05, 4.69) is 17.5 Å². The van der Waals surface area contributed by atoms with Gasteiger partial charge in [0.2, 0.25) is 0 Å². The van der Waals surface area contributed by atoms with E-state index in [1.165, 1.54) is 12.1 Å². The van der Waals surface area contributed by atoms with Gasteiger partial charge in [-0.2, -0.15) is 5.26 Å². The number of anilines is 1. The van der Waals surface area contributed by atoms with Crippen LogP contribution >= 0.6 is 0 Å². The van der Waals surface area contributed by atoms with Gasteiger partial charge in [0, 0.05) is 6.04 Å². The molecule has 2 nitrogen and oxygen atoms in total. The van der Waals surface area contributed by atoms with Crippen LogP contribution in [0.3, 0.4) is 0 Å². The first-order valence-electron chi connectivity index (χ1n) is 4.91. The molecular formula is C12H11FN2. The number of nitrogens with one attached hydrogen (secondary N) is 1. The van der Waals surface area contributed by atoms with Crippen LogP contribution < -0.4 is 5.32 Å². The van der Waals surface area contributed by atoms with Crippen LogP contribution in [0.4, 0.5) is 10.1 Å². The van der Waals surface area contributed by atoms with Gasteiger partial charge in [-0.05, 0) is 31.0 Å². The summed E-state index contributed by atoms with van der Waals surface area (Å²) in [6.45, 7) is 0. The molecule has 0 atom stereocenters. The maximum atomic E-state index is 12.9. The lowest BCUT2D eigenvalue weighted by Gasteiger charge is -2.14. The summed E-state index contributed by atoms with van der Waals surface area (Å²) < 4.78 is 12.9. The lowest BCUT2D eigenvalue weighted by atomic mass is 10.1. The predicted molar refractivity (Wildman–Crippen MR) is 56.9 cm³/mol. The standard InChI is InChI=1S/C12H11FN2/c13-10-5-6-12(9(7-10)8-14)15-11-3-1-2-4-11/h1-2,5-7,11,15H,3-4H2. The zero-order chi connectivity index (χ0) is 10.7. The average Bonchev–Trinajstić information content (AvgIpc) is 2.73. The van der Waals surface area contributed by atoms with Crippen LogP contribution in [0.1, 0.15) is 18.4 Å². The van der Waals surface area contributed by atoms with Gasteiger partial charge < -0.3 is 5.32 Å². The Labute approximate surface area is 88.0 Å². The number of hydrogen-bond acceptors (Lipinski definition) is 2. The fourth-order valence-corrected chi connectivity index (χ4v) is 1.69. The first-order valence-corrected chi connectivity index (χ1v) is 4.91. The number of hydrogen-bond donors (Lipinski definition) is 1. The molecule has 0 spiro atoms. The molecule has 0 aromatic heterocycles. The van der Waals surface area contributed by atoms with Crippen molar-refractivity contribution in [2.75, 3.05) is 5.32 Å². The molecule has 0 saturated heterocycles. The molecule has 3 heteroatoms. The Morgan fingerprint density at radius 1 is 1.33 bits per heavy atom. The van der Waals surface area contributed by atoms with Gasteiger partial charge in [0.1, 0.15) is 11.9 Å². The second-order valence-electron chi connectivity index (χ2n) is 3.59. The van der Waals surface area contributed by atoms with Crippen molar-refractivity contribution < 1.29 is 4.39 Å². The second-order valence-corrected chi connectivity index (χ2v) is 3.59. The molecule has 1 aromatic carbocycles. The molecule has 1 N–H and O–H groups in total. The highest BCUT2D eigenvalue weighted by molar-refractivity contribution is 5.58. The smallest absolute Gasteiger partial charge is 0.124 e. The van der Waals surface area contributed by atoms with Gasteiger partial charge in [0.25, 0.3) is 0 Å². The zero-order valence-corrected chi connectivity index (χ0v) is 8.20. The van der Waals surface area contributed by atoms with Crippen LogP contribution in [0.2, 0.25) is 0 Å². The molecule has 0 radical (unpaired) electrons. The molecule has 1 aliphatic carbocycles. The topological polar surface area (TPSA) is 35.8 Å². The van der Waals surface area contributed by atoms with Gasteiger partial charge in [-0.3, -0.25) is 0 Å². The number of rotatable bonds is 2. The van der Waals surface area contributed by atoms with Crippen molar-refractivity contribution in [2.45, 2.75) is 18.9 Å². The SMILES string of the molecule is N#Cc1cc(F)ccc1NC1CC=CC1. The Morgan fingerprint density at radius 2 is 2.07 bits per heavy atom. The maximum Gasteiger partial charge on any atom is 0.124 e. The van der Waals surface area contributed by atoms with Crippen LogP contribution in [0.5, 0.6) is 0 Å². The van der Waals surface area contributed by atoms with Gasteiger partial charge in [0.15, 0.2) is 0 Å². The van der Waals surface area contributed by atoms with Gasteiger partial charge >= 0.3 is 0 Å². The maximum absolute atomic E-state index is 12.9. The number of nitriles is 1. The van der Waals surface area contributed by atoms with Crippen LogP contribution in [0, 0.1) is 17.1 Å². The summed E-state index contributed by atoms with van der Waals surface area (Å²) in [5.74, 6) is -0.373. The molecule has 1 aromatic rings. The Bertz CT molecular complexity index is 424. The van der Waals surface area contributed by atoms with E-state index >= 15 is 0 Å². The van der Waals surface area contributed by atoms with Gasteiger partial charge in [-0.1, -0.05) is 12.2 Å². The Balaban J connectivity index is 2.17. The van der Waals surface area contributed by atoms with E-state index in [0.717, 1.165) is 12.8 Å². The third-order valence-electron chi connectivity index (χ3n) is 2.47. The van der Waals surface area contributed by atoms with Crippen LogP contribution in [-0.4, -0.2) is 6.04 Å². The number of benzene rings is 1. The molecule has 1 aliphatic rings. The fourth-order valence-electron chi connectivity index (χ4n) is 1.69. The van der Waals surface area contributed by atoms with Crippen molar-refractivity contribution in [1.82, 2.24) is 0 Å². The third kappa shape index (κ3) is 2.16. The van der Waals surface area contributed by atoms with Crippen LogP contribution in [0.15, 0.2) is 30.4 Å². The Hall–Kier alpha value is -1.82. The van der Waals surface area contributed by atoms with E-state index in [9.17, 15) is 4.39 Å². The normalized spacial score (nSPS) is 15.2. The van der Waals surface area contributed by atoms with Gasteiger partial charge in [-0.25, -0.2) is 4.39 Å². The summed E-state index contributed by atoms with van der Waals surface area (Å²) in [5, 5.41) is 12.1. The van der Waals surface area contributed by atoms with E-state index in [4.69, 9.17) is 5.26 Å². The van der Waals surface area contributed by atoms with E-state index < -0.39 is 0 Å². The minimum Gasteiger partial charge on any atom is -0.381 e. The van der Waals surface area contributed by atoms with Crippen molar-refractivity contribution in [1.29, 1.82) is 5.26 Å². The van der Waals surface area contributed by atoms with E-state index in [0.29, 0.717) is 17.3 Å². The van der Waals surface area contributed by atoms with Crippen molar-refractivity contribution in [3.63, 3.8) is 0 Å². The largest absolute Gasteiger partial charge is 0.381 e. The van der Waals surface area contributed by atoms with Crippen LogP contribution in [-0.2, 0) is 0 Å². The zero-order valence-electron chi connectivity index (χ0n) is 8.20. The van der Waals surface area contributed by atoms with E-state index in [-0.39, 0.29) is 5.82 Å². The summed E-state index contributed by atoms with van der Waals surface area (Å²) >= 11 is 0. The molecule has 0 heterocycles. The number of nitrogens with zero attached hydrogens (tertiary/aromatic N) is 1. The molecule has 0 aliphatic heterocycles. The molecule has 15 heavy (non-hydrogen) atoms. The Kier molecular flexibility index (Phi) is 2.68. The monoisotopic (exact) mass is 202 g/mol. The molecule has 0 unspecified atom stereocenters. The number of halogens is 1. The second kappa shape index (κ2) is 4.14. The summed E-state index contributed by atoms with van der Waals surface area (Å²) in [4.78, 5) is 0. The highest BCUT2D eigenvalue weighted by Crippen LogP contribution is 2.21. The highest BCUT2D eigenvalue weighted by atomic mass is 19.1. The van der Waals surface area contributed by atoms with E-state index in [1.54, 1.807) is 6.07 Å². The first kappa shape index (κ1) is 9.72. The minimum absolute atomic E-state index is 0.336. The summed E-state index contributed by atoms with van der Waals surface area (Å²) in [7, 11) is 0. The molecule has 0 bridgehead atoms. The lowest BCUT2D eigenvalue weighted by molar-refractivity contribution is 0.627.